The molecule has 0 saturated carbocycles. The number of hydrogen-bond acceptors (Lipinski definition) is 5. The number of nitrogens with zero attached hydrogens (tertiary/aromatic N) is 3. The topological polar surface area (TPSA) is 65.1 Å². The van der Waals surface area contributed by atoms with Crippen molar-refractivity contribution in [3.8, 4) is 0 Å². The predicted molar refractivity (Wildman–Crippen MR) is 121 cm³/mol. The number of anilines is 1. The standard InChI is InChI=1S/C24H36N4O3/c1-16(2)25-23(29)15-26-9-10-28-21-8-6-5-7-19(21)11-20(22(28)14-26)24(30)27-12-17(3)31-18(4)13-27/h5-8,16-18,20,22H,9-15H2,1-4H3,(H,25,29). The molecule has 0 aromatic heterocycles. The van der Waals surface area contributed by atoms with Crippen molar-refractivity contribution in [2.24, 2.45) is 5.92 Å². The second-order valence-corrected chi connectivity index (χ2v) is 9.66. The molecular weight excluding hydrogens is 392 g/mol. The van der Waals surface area contributed by atoms with Crippen LogP contribution in [0.2, 0.25) is 0 Å². The van der Waals surface area contributed by atoms with Crippen LogP contribution in [0, 0.1) is 5.92 Å². The van der Waals surface area contributed by atoms with E-state index in [1.54, 1.807) is 0 Å². The van der Waals surface area contributed by atoms with E-state index in [2.05, 4.69) is 39.4 Å². The Morgan fingerprint density at radius 1 is 1.10 bits per heavy atom. The third kappa shape index (κ3) is 4.88. The third-order valence-corrected chi connectivity index (χ3v) is 6.57. The molecule has 1 aromatic carbocycles. The van der Waals surface area contributed by atoms with Crippen LogP contribution in [0.25, 0.3) is 0 Å². The average molecular weight is 429 g/mol. The van der Waals surface area contributed by atoms with Crippen LogP contribution in [0.3, 0.4) is 0 Å². The van der Waals surface area contributed by atoms with Gasteiger partial charge in [0.25, 0.3) is 0 Å². The summed E-state index contributed by atoms with van der Waals surface area (Å²) in [6.45, 7) is 12.1. The molecule has 3 aliphatic heterocycles. The number of nitrogens with one attached hydrogen (secondary N) is 1. The Balaban J connectivity index is 1.55. The van der Waals surface area contributed by atoms with Gasteiger partial charge in [0, 0.05) is 44.5 Å². The molecule has 2 fully saturated rings. The van der Waals surface area contributed by atoms with Gasteiger partial charge in [0.15, 0.2) is 0 Å². The SMILES string of the molecule is CC(C)NC(=O)CN1CCN2c3ccccc3CC(C(=O)N3CC(C)OC(C)C3)C2C1. The molecule has 1 aromatic rings. The number of fused-ring (bicyclic) bond motifs is 3. The summed E-state index contributed by atoms with van der Waals surface area (Å²) >= 11 is 0. The number of amides is 2. The molecule has 0 bridgehead atoms. The maximum Gasteiger partial charge on any atom is 0.234 e. The second kappa shape index (κ2) is 9.17. The number of hydrogen-bond donors (Lipinski definition) is 1. The monoisotopic (exact) mass is 428 g/mol. The first-order chi connectivity index (χ1) is 14.8. The summed E-state index contributed by atoms with van der Waals surface area (Å²) in [7, 11) is 0. The van der Waals surface area contributed by atoms with Crippen LogP contribution in [0.5, 0.6) is 0 Å². The number of ether oxygens (including phenoxy) is 1. The zero-order valence-electron chi connectivity index (χ0n) is 19.2. The summed E-state index contributed by atoms with van der Waals surface area (Å²) in [6, 6.07) is 8.67. The van der Waals surface area contributed by atoms with Crippen LogP contribution in [0.15, 0.2) is 24.3 Å². The molecule has 4 atom stereocenters. The van der Waals surface area contributed by atoms with E-state index in [4.69, 9.17) is 4.74 Å². The zero-order chi connectivity index (χ0) is 22.1. The molecule has 0 aliphatic carbocycles. The van der Waals surface area contributed by atoms with Crippen molar-refractivity contribution in [1.29, 1.82) is 0 Å². The maximum absolute atomic E-state index is 13.7. The Morgan fingerprint density at radius 3 is 2.52 bits per heavy atom. The number of benzene rings is 1. The van der Waals surface area contributed by atoms with E-state index >= 15 is 0 Å². The fraction of sp³-hybridized carbons (Fsp3) is 0.667. The second-order valence-electron chi connectivity index (χ2n) is 9.66. The lowest BCUT2D eigenvalue weighted by Gasteiger charge is -2.50. The van der Waals surface area contributed by atoms with Crippen molar-refractivity contribution < 1.29 is 14.3 Å². The van der Waals surface area contributed by atoms with Crippen molar-refractivity contribution in [1.82, 2.24) is 15.1 Å². The molecule has 1 N–H and O–H groups in total. The van der Waals surface area contributed by atoms with Gasteiger partial charge < -0.3 is 19.9 Å². The van der Waals surface area contributed by atoms with Crippen LogP contribution in [0.4, 0.5) is 5.69 Å². The van der Waals surface area contributed by atoms with Crippen LogP contribution >= 0.6 is 0 Å². The number of morpholine rings is 1. The molecule has 7 heteroatoms. The van der Waals surface area contributed by atoms with Crippen LogP contribution in [-0.2, 0) is 20.7 Å². The Kier molecular flexibility index (Phi) is 6.53. The molecule has 0 radical (unpaired) electrons. The number of rotatable bonds is 4. The zero-order valence-corrected chi connectivity index (χ0v) is 19.2. The minimum absolute atomic E-state index is 0.0540. The molecule has 3 aliphatic rings. The van der Waals surface area contributed by atoms with E-state index in [0.29, 0.717) is 19.6 Å². The average Bonchev–Trinajstić information content (AvgIpc) is 2.71. The Morgan fingerprint density at radius 2 is 1.81 bits per heavy atom. The normalized spacial score (nSPS) is 28.8. The highest BCUT2D eigenvalue weighted by Gasteiger charge is 2.43. The molecule has 0 spiro atoms. The van der Waals surface area contributed by atoms with Gasteiger partial charge in [0.2, 0.25) is 11.8 Å². The van der Waals surface area contributed by atoms with E-state index in [9.17, 15) is 9.59 Å². The lowest BCUT2D eigenvalue weighted by atomic mass is 9.82. The van der Waals surface area contributed by atoms with Crippen molar-refractivity contribution in [2.75, 3.05) is 44.2 Å². The van der Waals surface area contributed by atoms with Gasteiger partial charge in [0.05, 0.1) is 30.7 Å². The molecule has 170 valence electrons. The van der Waals surface area contributed by atoms with Gasteiger partial charge in [-0.05, 0) is 45.7 Å². The largest absolute Gasteiger partial charge is 0.372 e. The van der Waals surface area contributed by atoms with E-state index in [1.165, 1.54) is 11.3 Å². The number of para-hydroxylation sites is 1. The van der Waals surface area contributed by atoms with E-state index in [-0.39, 0.29) is 42.0 Å². The minimum atomic E-state index is -0.108. The smallest absolute Gasteiger partial charge is 0.234 e. The number of piperazine rings is 1. The number of carbonyl (C=O) groups excluding carboxylic acids is 2. The first-order valence-corrected chi connectivity index (χ1v) is 11.6. The highest BCUT2D eigenvalue weighted by atomic mass is 16.5. The molecule has 7 nitrogen and oxygen atoms in total. The molecule has 4 unspecified atom stereocenters. The summed E-state index contributed by atoms with van der Waals surface area (Å²) in [5.41, 5.74) is 2.49. The highest BCUT2D eigenvalue weighted by Crippen LogP contribution is 2.37. The fourth-order valence-corrected chi connectivity index (χ4v) is 5.41. The van der Waals surface area contributed by atoms with Gasteiger partial charge in [-0.2, -0.15) is 0 Å². The van der Waals surface area contributed by atoms with Crippen LogP contribution in [-0.4, -0.2) is 85.2 Å². The van der Waals surface area contributed by atoms with Crippen molar-refractivity contribution in [2.45, 2.75) is 58.4 Å². The lowest BCUT2D eigenvalue weighted by Crippen LogP contribution is -2.63. The van der Waals surface area contributed by atoms with Crippen molar-refractivity contribution in [3.05, 3.63) is 29.8 Å². The fourth-order valence-electron chi connectivity index (χ4n) is 5.41. The van der Waals surface area contributed by atoms with Gasteiger partial charge in [-0.3, -0.25) is 14.5 Å². The van der Waals surface area contributed by atoms with Gasteiger partial charge in [0.1, 0.15) is 0 Å². The van der Waals surface area contributed by atoms with E-state index in [1.807, 2.05) is 32.6 Å². The quantitative estimate of drug-likeness (QED) is 0.788. The first-order valence-electron chi connectivity index (χ1n) is 11.6. The Labute approximate surface area is 185 Å². The molecule has 31 heavy (non-hydrogen) atoms. The first kappa shape index (κ1) is 22.1. The third-order valence-electron chi connectivity index (χ3n) is 6.57. The highest BCUT2D eigenvalue weighted by molar-refractivity contribution is 5.82. The summed E-state index contributed by atoms with van der Waals surface area (Å²) in [5.74, 6) is 0.168. The molecular formula is C24H36N4O3. The van der Waals surface area contributed by atoms with Crippen molar-refractivity contribution >= 4 is 17.5 Å². The summed E-state index contributed by atoms with van der Waals surface area (Å²) in [4.78, 5) is 32.7. The minimum Gasteiger partial charge on any atom is -0.372 e. The molecule has 2 saturated heterocycles. The Bertz CT molecular complexity index is 804. The Hall–Kier alpha value is -2.12. The molecule has 2 amide bonds. The lowest BCUT2D eigenvalue weighted by molar-refractivity contribution is -0.148. The predicted octanol–water partition coefficient (Wildman–Crippen LogP) is 1.51. The van der Waals surface area contributed by atoms with Gasteiger partial charge in [-0.25, -0.2) is 0 Å². The van der Waals surface area contributed by atoms with Gasteiger partial charge in [-0.1, -0.05) is 18.2 Å². The van der Waals surface area contributed by atoms with Crippen molar-refractivity contribution in [3.63, 3.8) is 0 Å². The van der Waals surface area contributed by atoms with Crippen LogP contribution in [0.1, 0.15) is 33.3 Å². The number of carbonyl (C=O) groups is 2. The molecule has 4 rings (SSSR count). The van der Waals surface area contributed by atoms with Crippen LogP contribution < -0.4 is 10.2 Å². The summed E-state index contributed by atoms with van der Waals surface area (Å²) < 4.78 is 5.85. The van der Waals surface area contributed by atoms with Gasteiger partial charge in [-0.15, -0.1) is 0 Å². The van der Waals surface area contributed by atoms with E-state index < -0.39 is 0 Å². The summed E-state index contributed by atoms with van der Waals surface area (Å²) in [5, 5.41) is 2.99. The summed E-state index contributed by atoms with van der Waals surface area (Å²) in [6.07, 6.45) is 0.868. The van der Waals surface area contributed by atoms with E-state index in [0.717, 1.165) is 26.1 Å². The van der Waals surface area contributed by atoms with Gasteiger partial charge >= 0.3 is 0 Å². The maximum atomic E-state index is 13.7. The molecule has 3 heterocycles.